The van der Waals surface area contributed by atoms with Crippen LogP contribution in [-0.4, -0.2) is 23.2 Å². The van der Waals surface area contributed by atoms with E-state index in [9.17, 15) is 4.39 Å². The van der Waals surface area contributed by atoms with Crippen LogP contribution in [0.25, 0.3) is 77.5 Å². The standard InChI is InChI=1S/C29H23FNO.C25H28GeNO.Ir/c30-23-12-9-20(10-13-23)21-11-14-24-25-7-4-8-26(29(25)32-28(24)18-21)27-17-22(15-16-31-27)19-5-2-1-3-6-19;1-25(2,3)15-17-14-22(27-16-21(17)26(4,5)6)20-12-9-11-19-18-10-7-8-13-23(18)28-24(19)20;/h4,7,9-19H,1-3,5-6H2;7-11,13-14,16H,15H2,1-6H3;/q2*-1;/i9D,10D,12D,13D,19D;15D2;. The number of para-hydroxylation sites is 1. The topological polar surface area (TPSA) is 52.1 Å². The monoisotopic (exact) mass is 1050 g/mol. The van der Waals surface area contributed by atoms with E-state index in [1.54, 1.807) is 24.4 Å². The number of hydrogen-bond donors (Lipinski definition) is 0. The predicted molar refractivity (Wildman–Crippen MR) is 249 cm³/mol. The molecule has 4 heterocycles. The first-order valence-electron chi connectivity index (χ1n) is 24.1. The van der Waals surface area contributed by atoms with Crippen molar-refractivity contribution in [1.29, 1.82) is 0 Å². The molecule has 0 bridgehead atoms. The van der Waals surface area contributed by atoms with Crippen molar-refractivity contribution in [2.24, 2.45) is 5.41 Å². The third-order valence-corrected chi connectivity index (χ3v) is 15.2. The van der Waals surface area contributed by atoms with Gasteiger partial charge in [0, 0.05) is 33.1 Å². The molecule has 0 spiro atoms. The van der Waals surface area contributed by atoms with Crippen LogP contribution in [0, 0.1) is 23.4 Å². The molecule has 1 saturated carbocycles. The van der Waals surface area contributed by atoms with Gasteiger partial charge in [-0.3, -0.25) is 0 Å². The molecule has 0 unspecified atom stereocenters. The molecule has 5 aromatic carbocycles. The summed E-state index contributed by atoms with van der Waals surface area (Å²) >= 11 is -2.36. The second-order valence-corrected chi connectivity index (χ2v) is 28.2. The molecule has 1 fully saturated rings. The van der Waals surface area contributed by atoms with E-state index in [2.05, 4.69) is 40.5 Å². The van der Waals surface area contributed by atoms with E-state index in [4.69, 9.17) is 23.4 Å². The van der Waals surface area contributed by atoms with E-state index in [1.165, 1.54) is 6.42 Å². The van der Waals surface area contributed by atoms with Crippen LogP contribution in [0.5, 0.6) is 0 Å². The van der Waals surface area contributed by atoms with E-state index in [-0.39, 0.29) is 25.7 Å². The number of rotatable bonds is 6. The summed E-state index contributed by atoms with van der Waals surface area (Å²) in [7, 11) is 0. The van der Waals surface area contributed by atoms with Gasteiger partial charge in [0.05, 0.1) is 11.1 Å². The van der Waals surface area contributed by atoms with Gasteiger partial charge in [-0.15, -0.1) is 18.2 Å². The number of fused-ring (bicyclic) bond motifs is 6. The maximum absolute atomic E-state index is 14.1. The van der Waals surface area contributed by atoms with Crippen molar-refractivity contribution in [3.8, 4) is 33.6 Å². The Hall–Kier alpha value is -4.88. The van der Waals surface area contributed by atoms with E-state index in [0.717, 1.165) is 79.5 Å². The Balaban J connectivity index is 0.000000185. The zero-order valence-electron chi connectivity index (χ0n) is 42.2. The predicted octanol–water partition coefficient (Wildman–Crippen LogP) is 14.9. The Labute approximate surface area is 384 Å². The number of furan rings is 2. The molecular weight excluding hydrogens is 992 g/mol. The number of benzene rings is 5. The van der Waals surface area contributed by atoms with Crippen molar-refractivity contribution in [2.45, 2.75) is 82.4 Å². The van der Waals surface area contributed by atoms with Crippen LogP contribution in [0.1, 0.15) is 79.5 Å². The SMILES string of the molecule is [2H]C([2H])(c1cc(-c2[c-]ccc3c2oc2ccccc23)nc[c]1[Ge]([CH3])([CH3])[CH3])C(C)(C)C.[2H]c1c([2H])c(-c2ccc3c(c2)oc2c(-c4cc(C5([2H])CCCCC5)ccn4)[c-]ccc23)c([2H])c([2H])c1F.[Ir]. The first-order valence-corrected chi connectivity index (χ1v) is 28.0. The fourth-order valence-corrected chi connectivity index (χ4v) is 11.1. The maximum Gasteiger partial charge on any atom is 0.123 e. The minimum absolute atomic E-state index is 0. The molecule has 1 radical (unpaired) electrons. The van der Waals surface area contributed by atoms with Gasteiger partial charge in [-0.25, -0.2) is 4.39 Å². The molecule has 0 aliphatic heterocycles. The van der Waals surface area contributed by atoms with E-state index in [0.29, 0.717) is 33.7 Å². The second-order valence-electron chi connectivity index (χ2n) is 17.6. The fourth-order valence-electron chi connectivity index (χ4n) is 8.16. The smallest absolute Gasteiger partial charge is 0.123 e. The van der Waals surface area contributed by atoms with Crippen LogP contribution in [0.2, 0.25) is 17.3 Å². The molecule has 0 amide bonds. The van der Waals surface area contributed by atoms with Crippen molar-refractivity contribution < 1.29 is 42.9 Å². The van der Waals surface area contributed by atoms with E-state index >= 15 is 0 Å². The average Bonchev–Trinajstić information content (AvgIpc) is 3.88. The molecule has 10 rings (SSSR count). The molecule has 61 heavy (non-hydrogen) atoms. The van der Waals surface area contributed by atoms with Gasteiger partial charge in [-0.05, 0) is 59.8 Å². The number of halogens is 1. The third kappa shape index (κ3) is 9.05. The Morgan fingerprint density at radius 3 is 2.07 bits per heavy atom. The number of pyridine rings is 2. The Bertz CT molecular complexity index is 3360. The zero-order chi connectivity index (χ0) is 47.8. The van der Waals surface area contributed by atoms with Crippen molar-refractivity contribution in [3.63, 3.8) is 0 Å². The molecule has 311 valence electrons. The first-order chi connectivity index (χ1) is 31.7. The number of aromatic nitrogens is 2. The Morgan fingerprint density at radius 2 is 1.39 bits per heavy atom. The van der Waals surface area contributed by atoms with Crippen LogP contribution in [0.4, 0.5) is 4.39 Å². The summed E-state index contributed by atoms with van der Waals surface area (Å²) in [5.41, 5.74) is 7.10. The Kier molecular flexibility index (Phi) is 9.94. The molecule has 0 atom stereocenters. The number of hydrogen-bond acceptors (Lipinski definition) is 4. The molecule has 0 N–H and O–H groups in total. The van der Waals surface area contributed by atoms with Crippen molar-refractivity contribution in [1.82, 2.24) is 9.97 Å². The van der Waals surface area contributed by atoms with Crippen LogP contribution in [-0.2, 0) is 26.5 Å². The molecule has 1 aliphatic rings. The van der Waals surface area contributed by atoms with Crippen molar-refractivity contribution >= 4 is 61.5 Å². The molecule has 4 nitrogen and oxygen atoms in total. The van der Waals surface area contributed by atoms with Gasteiger partial charge in [0.1, 0.15) is 11.4 Å². The van der Waals surface area contributed by atoms with Crippen LogP contribution in [0.15, 0.2) is 130 Å². The fraction of sp³-hybridized carbons (Fsp3) is 0.259. The summed E-state index contributed by atoms with van der Waals surface area (Å²) in [5.74, 6) is 5.07. The molecule has 0 saturated heterocycles. The van der Waals surface area contributed by atoms with Crippen molar-refractivity contribution in [2.75, 3.05) is 0 Å². The quantitative estimate of drug-likeness (QED) is 0.123. The minimum atomic E-state index is -2.36. The molecule has 1 aliphatic carbocycles. The second kappa shape index (κ2) is 17.5. The molecule has 9 aromatic rings. The Morgan fingerprint density at radius 1 is 0.754 bits per heavy atom. The summed E-state index contributed by atoms with van der Waals surface area (Å²) in [5, 5.41) is 3.75. The summed E-state index contributed by atoms with van der Waals surface area (Å²) in [6, 6.07) is 30.9. The minimum Gasteiger partial charge on any atom is -0.501 e. The molecular formula is C54H51FGeIrN2O2-2. The maximum atomic E-state index is 14.1. The van der Waals surface area contributed by atoms with Gasteiger partial charge >= 0.3 is 173 Å². The normalized spacial score (nSPS) is 16.1. The van der Waals surface area contributed by atoms with Crippen LogP contribution >= 0.6 is 0 Å². The summed E-state index contributed by atoms with van der Waals surface area (Å²) < 4.78 is 86.7. The van der Waals surface area contributed by atoms with Gasteiger partial charge in [0.25, 0.3) is 0 Å². The average molecular weight is 1050 g/mol. The van der Waals surface area contributed by atoms with Gasteiger partial charge in [-0.2, -0.15) is 0 Å². The van der Waals surface area contributed by atoms with E-state index < -0.39 is 60.9 Å². The first kappa shape index (κ1) is 34.7. The van der Waals surface area contributed by atoms with Gasteiger partial charge < -0.3 is 9.40 Å². The summed E-state index contributed by atoms with van der Waals surface area (Å²) in [6.45, 7) is 5.87. The molecule has 4 aromatic heterocycles. The van der Waals surface area contributed by atoms with Gasteiger partial charge in [-0.1, -0.05) is 66.1 Å². The van der Waals surface area contributed by atoms with Gasteiger partial charge in [0.15, 0.2) is 0 Å². The summed E-state index contributed by atoms with van der Waals surface area (Å²) in [4.78, 5) is 9.35. The molecule has 7 heteroatoms. The van der Waals surface area contributed by atoms with Crippen LogP contribution < -0.4 is 4.40 Å². The third-order valence-electron chi connectivity index (χ3n) is 11.0. The summed E-state index contributed by atoms with van der Waals surface area (Å²) in [6.07, 6.45) is 7.08. The zero-order valence-corrected chi connectivity index (χ0v) is 39.7. The van der Waals surface area contributed by atoms with Crippen LogP contribution in [0.3, 0.4) is 0 Å². The van der Waals surface area contributed by atoms with E-state index in [1.807, 2.05) is 87.6 Å². The van der Waals surface area contributed by atoms with Gasteiger partial charge in [0.2, 0.25) is 0 Å². The van der Waals surface area contributed by atoms with Crippen molar-refractivity contribution in [3.05, 3.63) is 151 Å². The largest absolute Gasteiger partial charge is 0.501 e. The number of nitrogens with zero attached hydrogens (tertiary/aromatic N) is 2.